The molecule has 3 aromatic rings. The molecule has 0 spiro atoms. The van der Waals surface area contributed by atoms with Gasteiger partial charge in [-0.05, 0) is 35.7 Å². The van der Waals surface area contributed by atoms with Crippen molar-refractivity contribution >= 4 is 22.5 Å². The first-order valence-corrected chi connectivity index (χ1v) is 6.29. The van der Waals surface area contributed by atoms with Crippen molar-refractivity contribution in [2.75, 3.05) is 11.9 Å². The monoisotopic (exact) mass is 266 g/mol. The number of nitrogens with zero attached hydrogens (tertiary/aromatic N) is 1. The number of hydrogen-bond acceptors (Lipinski definition) is 2. The lowest BCUT2D eigenvalue weighted by molar-refractivity contribution is 0.0993. The average Bonchev–Trinajstić information content (AvgIpc) is 2.93. The number of carbonyl (C=O) groups is 1. The molecule has 3 rings (SSSR count). The van der Waals surface area contributed by atoms with Gasteiger partial charge in [0.25, 0.3) is 5.91 Å². The molecule has 0 fully saturated rings. The summed E-state index contributed by atoms with van der Waals surface area (Å²) in [6.45, 7) is 0. The van der Waals surface area contributed by atoms with E-state index in [-0.39, 0.29) is 11.7 Å². The largest absolute Gasteiger partial charge is 0.508 e. The number of anilines is 1. The lowest BCUT2D eigenvalue weighted by atomic mass is 10.1. The SMILES string of the molecule is CN(C(=O)c1ccc2cc[nH]c2c1)c1cccc(O)c1. The highest BCUT2D eigenvalue weighted by Crippen LogP contribution is 2.22. The van der Waals surface area contributed by atoms with E-state index in [2.05, 4.69) is 4.98 Å². The molecule has 20 heavy (non-hydrogen) atoms. The molecule has 0 radical (unpaired) electrons. The molecule has 100 valence electrons. The van der Waals surface area contributed by atoms with E-state index in [1.807, 2.05) is 24.4 Å². The van der Waals surface area contributed by atoms with Crippen LogP contribution in [0.15, 0.2) is 54.7 Å². The predicted octanol–water partition coefficient (Wildman–Crippen LogP) is 3.15. The Morgan fingerprint density at radius 2 is 2.00 bits per heavy atom. The second-order valence-electron chi connectivity index (χ2n) is 4.66. The van der Waals surface area contributed by atoms with Crippen molar-refractivity contribution in [3.05, 3.63) is 60.3 Å². The van der Waals surface area contributed by atoms with Crippen LogP contribution in [0.25, 0.3) is 10.9 Å². The molecule has 4 nitrogen and oxygen atoms in total. The molecule has 2 N–H and O–H groups in total. The summed E-state index contributed by atoms with van der Waals surface area (Å²) in [5.41, 5.74) is 2.19. The minimum Gasteiger partial charge on any atom is -0.508 e. The van der Waals surface area contributed by atoms with E-state index in [1.54, 1.807) is 37.4 Å². The predicted molar refractivity (Wildman–Crippen MR) is 79.1 cm³/mol. The maximum atomic E-state index is 12.5. The summed E-state index contributed by atoms with van der Waals surface area (Å²) in [6.07, 6.45) is 1.85. The van der Waals surface area contributed by atoms with Gasteiger partial charge < -0.3 is 15.0 Å². The van der Waals surface area contributed by atoms with Crippen molar-refractivity contribution in [1.29, 1.82) is 0 Å². The van der Waals surface area contributed by atoms with Gasteiger partial charge in [-0.15, -0.1) is 0 Å². The maximum Gasteiger partial charge on any atom is 0.258 e. The Hall–Kier alpha value is -2.75. The van der Waals surface area contributed by atoms with Crippen molar-refractivity contribution in [2.24, 2.45) is 0 Å². The van der Waals surface area contributed by atoms with E-state index >= 15 is 0 Å². The van der Waals surface area contributed by atoms with Gasteiger partial charge in [0, 0.05) is 36.1 Å². The first kappa shape index (κ1) is 12.3. The summed E-state index contributed by atoms with van der Waals surface area (Å²) < 4.78 is 0. The highest BCUT2D eigenvalue weighted by Gasteiger charge is 2.14. The summed E-state index contributed by atoms with van der Waals surface area (Å²) >= 11 is 0. The topological polar surface area (TPSA) is 56.3 Å². The van der Waals surface area contributed by atoms with Gasteiger partial charge in [0.05, 0.1) is 0 Å². The Balaban J connectivity index is 1.94. The van der Waals surface area contributed by atoms with E-state index in [4.69, 9.17) is 0 Å². The maximum absolute atomic E-state index is 12.5. The molecule has 0 aliphatic heterocycles. The number of nitrogens with one attached hydrogen (secondary N) is 1. The summed E-state index contributed by atoms with van der Waals surface area (Å²) in [5.74, 6) is 0.0223. The third-order valence-corrected chi connectivity index (χ3v) is 3.32. The zero-order valence-electron chi connectivity index (χ0n) is 11.0. The number of aromatic hydroxyl groups is 1. The van der Waals surface area contributed by atoms with E-state index in [0.29, 0.717) is 11.3 Å². The number of fused-ring (bicyclic) bond motifs is 1. The number of benzene rings is 2. The number of hydrogen-bond donors (Lipinski definition) is 2. The third kappa shape index (κ3) is 2.12. The summed E-state index contributed by atoms with van der Waals surface area (Å²) in [6, 6.07) is 14.1. The molecule has 1 amide bonds. The van der Waals surface area contributed by atoms with E-state index in [9.17, 15) is 9.90 Å². The Morgan fingerprint density at radius 3 is 2.80 bits per heavy atom. The van der Waals surface area contributed by atoms with Crippen LogP contribution < -0.4 is 4.90 Å². The number of aromatic amines is 1. The average molecular weight is 266 g/mol. The van der Waals surface area contributed by atoms with E-state index < -0.39 is 0 Å². The second-order valence-corrected chi connectivity index (χ2v) is 4.66. The third-order valence-electron chi connectivity index (χ3n) is 3.32. The molecule has 1 heterocycles. The van der Waals surface area contributed by atoms with Crippen molar-refractivity contribution in [2.45, 2.75) is 0 Å². The second kappa shape index (κ2) is 4.74. The van der Waals surface area contributed by atoms with Crippen LogP contribution in [0, 0.1) is 0 Å². The number of phenols is 1. The van der Waals surface area contributed by atoms with Crippen molar-refractivity contribution in [1.82, 2.24) is 4.98 Å². The Bertz CT molecular complexity index is 777. The summed E-state index contributed by atoms with van der Waals surface area (Å²) in [7, 11) is 1.69. The lowest BCUT2D eigenvalue weighted by Gasteiger charge is -2.17. The fourth-order valence-electron chi connectivity index (χ4n) is 2.19. The molecule has 1 aromatic heterocycles. The molecule has 0 unspecified atom stereocenters. The zero-order valence-corrected chi connectivity index (χ0v) is 11.0. The molecular weight excluding hydrogens is 252 g/mol. The summed E-state index contributed by atoms with van der Waals surface area (Å²) in [5, 5.41) is 10.6. The van der Waals surface area contributed by atoms with Crippen LogP contribution in [-0.2, 0) is 0 Å². The fraction of sp³-hybridized carbons (Fsp3) is 0.0625. The number of phenolic OH excluding ortho intramolecular Hbond substituents is 1. The minimum atomic E-state index is -0.118. The van der Waals surface area contributed by atoms with Gasteiger partial charge in [-0.2, -0.15) is 0 Å². The number of carbonyl (C=O) groups excluding carboxylic acids is 1. The number of rotatable bonds is 2. The van der Waals surface area contributed by atoms with Crippen LogP contribution in [0.2, 0.25) is 0 Å². The first-order chi connectivity index (χ1) is 9.65. The fourth-order valence-corrected chi connectivity index (χ4v) is 2.19. The molecular formula is C16H14N2O2. The standard InChI is InChI=1S/C16H14N2O2/c1-18(13-3-2-4-14(19)10-13)16(20)12-6-5-11-7-8-17-15(11)9-12/h2-10,17,19H,1H3. The van der Waals surface area contributed by atoms with Crippen LogP contribution in [0.4, 0.5) is 5.69 Å². The number of H-pyrrole nitrogens is 1. The first-order valence-electron chi connectivity index (χ1n) is 6.29. The van der Waals surface area contributed by atoms with Crippen LogP contribution in [0.1, 0.15) is 10.4 Å². The Morgan fingerprint density at radius 1 is 1.15 bits per heavy atom. The van der Waals surface area contributed by atoms with Gasteiger partial charge in [0.1, 0.15) is 5.75 Å². The minimum absolute atomic E-state index is 0.118. The molecule has 0 aliphatic carbocycles. The molecule has 0 saturated heterocycles. The van der Waals surface area contributed by atoms with E-state index in [1.165, 1.54) is 4.90 Å². The van der Waals surface area contributed by atoms with Crippen molar-refractivity contribution in [3.63, 3.8) is 0 Å². The van der Waals surface area contributed by atoms with Gasteiger partial charge in [-0.25, -0.2) is 0 Å². The molecule has 2 aromatic carbocycles. The highest BCUT2D eigenvalue weighted by atomic mass is 16.3. The molecule has 0 saturated carbocycles. The smallest absolute Gasteiger partial charge is 0.258 e. The van der Waals surface area contributed by atoms with Gasteiger partial charge >= 0.3 is 0 Å². The lowest BCUT2D eigenvalue weighted by Crippen LogP contribution is -2.26. The molecule has 0 atom stereocenters. The van der Waals surface area contributed by atoms with Gasteiger partial charge in [0.15, 0.2) is 0 Å². The van der Waals surface area contributed by atoms with Crippen molar-refractivity contribution < 1.29 is 9.90 Å². The zero-order chi connectivity index (χ0) is 14.1. The summed E-state index contributed by atoms with van der Waals surface area (Å²) in [4.78, 5) is 17.1. The van der Waals surface area contributed by atoms with Gasteiger partial charge in [-0.3, -0.25) is 4.79 Å². The molecule has 4 heteroatoms. The highest BCUT2D eigenvalue weighted by molar-refractivity contribution is 6.07. The normalized spacial score (nSPS) is 10.7. The Labute approximate surface area is 116 Å². The Kier molecular flexibility index (Phi) is 2.91. The quantitative estimate of drug-likeness (QED) is 0.748. The van der Waals surface area contributed by atoms with E-state index in [0.717, 1.165) is 10.9 Å². The van der Waals surface area contributed by atoms with Gasteiger partial charge in [0.2, 0.25) is 0 Å². The van der Waals surface area contributed by atoms with Crippen LogP contribution >= 0.6 is 0 Å². The molecule has 0 aliphatic rings. The van der Waals surface area contributed by atoms with Crippen LogP contribution in [0.5, 0.6) is 5.75 Å². The number of aromatic nitrogens is 1. The van der Waals surface area contributed by atoms with Crippen LogP contribution in [-0.4, -0.2) is 23.0 Å². The van der Waals surface area contributed by atoms with Crippen molar-refractivity contribution in [3.8, 4) is 5.75 Å². The van der Waals surface area contributed by atoms with Gasteiger partial charge in [-0.1, -0.05) is 12.1 Å². The van der Waals surface area contributed by atoms with Crippen LogP contribution in [0.3, 0.4) is 0 Å². The number of amides is 1. The molecule has 0 bridgehead atoms.